The second kappa shape index (κ2) is 10.4. The Morgan fingerprint density at radius 2 is 1.78 bits per heavy atom. The summed E-state index contributed by atoms with van der Waals surface area (Å²) in [6.07, 6.45) is 0.645. The van der Waals surface area contributed by atoms with E-state index in [1.165, 1.54) is 0 Å². The van der Waals surface area contributed by atoms with E-state index in [4.69, 9.17) is 14.2 Å². The molecule has 2 rings (SSSR count). The summed E-state index contributed by atoms with van der Waals surface area (Å²) in [5, 5.41) is 2.52. The molecule has 0 saturated carbocycles. The fourth-order valence-corrected chi connectivity index (χ4v) is 3.31. The zero-order valence-electron chi connectivity index (χ0n) is 16.6. The Hall–Kier alpha value is -1.92. The summed E-state index contributed by atoms with van der Waals surface area (Å²) >= 11 is 0. The van der Waals surface area contributed by atoms with Crippen LogP contribution in [-0.4, -0.2) is 37.4 Å². The average Bonchev–Trinajstić information content (AvgIpc) is 2.69. The van der Waals surface area contributed by atoms with Gasteiger partial charge in [-0.1, -0.05) is 58.0 Å². The van der Waals surface area contributed by atoms with E-state index in [1.54, 1.807) is 0 Å². The number of hydrogen-bond donors (Lipinski definition) is 1. The van der Waals surface area contributed by atoms with E-state index in [-0.39, 0.29) is 37.7 Å². The summed E-state index contributed by atoms with van der Waals surface area (Å²) in [4.78, 5) is 23.7. The first-order valence-electron chi connectivity index (χ1n) is 9.65. The monoisotopic (exact) mass is 377 g/mol. The van der Waals surface area contributed by atoms with E-state index in [1.807, 2.05) is 30.3 Å². The van der Waals surface area contributed by atoms with Crippen LogP contribution < -0.4 is 5.32 Å². The van der Waals surface area contributed by atoms with E-state index >= 15 is 0 Å². The van der Waals surface area contributed by atoms with Crippen molar-refractivity contribution in [2.45, 2.75) is 53.1 Å². The van der Waals surface area contributed by atoms with Crippen LogP contribution in [0.25, 0.3) is 0 Å². The standard InChI is InChI=1S/C21H31NO5/c1-5-18-15(3)14(2)16(4)21(27-18)26-13-19(23)22-11-20(24)25-12-17-9-7-6-8-10-17/h6-10,14-16,18,21H,5,11-13H2,1-4H3,(H,22,23). The van der Waals surface area contributed by atoms with Crippen LogP contribution in [0, 0.1) is 17.8 Å². The van der Waals surface area contributed by atoms with Crippen LogP contribution >= 0.6 is 0 Å². The number of rotatable bonds is 8. The van der Waals surface area contributed by atoms with Gasteiger partial charge in [0.15, 0.2) is 6.29 Å². The van der Waals surface area contributed by atoms with Crippen molar-refractivity contribution in [3.63, 3.8) is 0 Å². The van der Waals surface area contributed by atoms with Gasteiger partial charge in [-0.05, 0) is 23.8 Å². The van der Waals surface area contributed by atoms with E-state index < -0.39 is 12.3 Å². The highest BCUT2D eigenvalue weighted by molar-refractivity contribution is 5.82. The molecule has 150 valence electrons. The van der Waals surface area contributed by atoms with Crippen molar-refractivity contribution in [3.05, 3.63) is 35.9 Å². The first-order valence-corrected chi connectivity index (χ1v) is 9.65. The van der Waals surface area contributed by atoms with Crippen LogP contribution in [0.15, 0.2) is 30.3 Å². The summed E-state index contributed by atoms with van der Waals surface area (Å²) in [7, 11) is 0. The lowest BCUT2D eigenvalue weighted by Crippen LogP contribution is -2.46. The molecule has 1 N–H and O–H groups in total. The molecule has 1 aliphatic heterocycles. The van der Waals surface area contributed by atoms with E-state index in [0.29, 0.717) is 11.8 Å². The molecule has 0 aromatic heterocycles. The molecule has 0 aliphatic carbocycles. The lowest BCUT2D eigenvalue weighted by atomic mass is 9.78. The van der Waals surface area contributed by atoms with Crippen molar-refractivity contribution in [1.82, 2.24) is 5.32 Å². The van der Waals surface area contributed by atoms with Crippen LogP contribution in [0.4, 0.5) is 0 Å². The number of carbonyl (C=O) groups is 2. The normalized spacial score (nSPS) is 27.8. The maximum Gasteiger partial charge on any atom is 0.325 e. The summed E-state index contributed by atoms with van der Waals surface area (Å²) in [6, 6.07) is 9.39. The predicted octanol–water partition coefficient (Wildman–Crippen LogP) is 2.91. The number of ether oxygens (including phenoxy) is 3. The van der Waals surface area contributed by atoms with Crippen molar-refractivity contribution >= 4 is 11.9 Å². The lowest BCUT2D eigenvalue weighted by Gasteiger charge is -2.43. The molecule has 1 fully saturated rings. The van der Waals surface area contributed by atoms with E-state index in [2.05, 4.69) is 33.0 Å². The molecule has 6 heteroatoms. The Morgan fingerprint density at radius 1 is 1.07 bits per heavy atom. The van der Waals surface area contributed by atoms with Gasteiger partial charge in [-0.2, -0.15) is 0 Å². The Bertz CT molecular complexity index is 604. The minimum absolute atomic E-state index is 0.136. The van der Waals surface area contributed by atoms with Crippen LogP contribution in [-0.2, 0) is 30.4 Å². The van der Waals surface area contributed by atoms with Gasteiger partial charge in [-0.15, -0.1) is 0 Å². The topological polar surface area (TPSA) is 73.9 Å². The van der Waals surface area contributed by atoms with Gasteiger partial charge in [0.25, 0.3) is 0 Å². The van der Waals surface area contributed by atoms with E-state index in [9.17, 15) is 9.59 Å². The average molecular weight is 377 g/mol. The summed E-state index contributed by atoms with van der Waals surface area (Å²) in [6.45, 7) is 8.43. The molecule has 1 aliphatic rings. The second-order valence-electron chi connectivity index (χ2n) is 7.26. The quantitative estimate of drug-likeness (QED) is 0.705. The van der Waals surface area contributed by atoms with Crippen molar-refractivity contribution in [2.24, 2.45) is 17.8 Å². The molecule has 0 radical (unpaired) electrons. The van der Waals surface area contributed by atoms with Crippen LogP contribution in [0.3, 0.4) is 0 Å². The Kier molecular flexibility index (Phi) is 8.25. The van der Waals surface area contributed by atoms with Crippen LogP contribution in [0.1, 0.15) is 39.7 Å². The highest BCUT2D eigenvalue weighted by Crippen LogP contribution is 2.36. The molecule has 1 aromatic carbocycles. The SMILES string of the molecule is CCC1OC(OCC(=O)NCC(=O)OCc2ccccc2)C(C)C(C)C1C. The van der Waals surface area contributed by atoms with Gasteiger partial charge in [0.05, 0.1) is 6.10 Å². The van der Waals surface area contributed by atoms with Gasteiger partial charge in [-0.25, -0.2) is 0 Å². The second-order valence-corrected chi connectivity index (χ2v) is 7.26. The fraction of sp³-hybridized carbons (Fsp3) is 0.619. The zero-order chi connectivity index (χ0) is 19.8. The maximum absolute atomic E-state index is 12.0. The largest absolute Gasteiger partial charge is 0.460 e. The zero-order valence-corrected chi connectivity index (χ0v) is 16.6. The summed E-state index contributed by atoms with van der Waals surface area (Å²) in [5.41, 5.74) is 0.901. The first kappa shape index (κ1) is 21.4. The van der Waals surface area contributed by atoms with Crippen molar-refractivity contribution in [1.29, 1.82) is 0 Å². The Morgan fingerprint density at radius 3 is 2.44 bits per heavy atom. The molecule has 27 heavy (non-hydrogen) atoms. The third-order valence-corrected chi connectivity index (χ3v) is 5.44. The third-order valence-electron chi connectivity index (χ3n) is 5.44. The fourth-order valence-electron chi connectivity index (χ4n) is 3.31. The molecular weight excluding hydrogens is 346 g/mol. The number of nitrogens with one attached hydrogen (secondary N) is 1. The summed E-state index contributed by atoms with van der Waals surface area (Å²) in [5.74, 6) is 0.263. The highest BCUT2D eigenvalue weighted by atomic mass is 16.7. The molecular formula is C21H31NO5. The first-order chi connectivity index (χ1) is 12.9. The predicted molar refractivity (Wildman–Crippen MR) is 102 cm³/mol. The molecule has 6 nitrogen and oxygen atoms in total. The molecule has 1 aromatic rings. The number of benzene rings is 1. The van der Waals surface area contributed by atoms with Gasteiger partial charge >= 0.3 is 5.97 Å². The van der Waals surface area contributed by atoms with Crippen LogP contribution in [0.5, 0.6) is 0 Å². The Labute approximate surface area is 161 Å². The molecule has 5 atom stereocenters. The molecule has 1 heterocycles. The van der Waals surface area contributed by atoms with Gasteiger partial charge in [0, 0.05) is 5.92 Å². The third kappa shape index (κ3) is 6.33. The van der Waals surface area contributed by atoms with E-state index in [0.717, 1.165) is 12.0 Å². The minimum atomic E-state index is -0.483. The Balaban J connectivity index is 1.68. The van der Waals surface area contributed by atoms with Gasteiger partial charge in [0.1, 0.15) is 19.8 Å². The van der Waals surface area contributed by atoms with Crippen LogP contribution in [0.2, 0.25) is 0 Å². The summed E-state index contributed by atoms with van der Waals surface area (Å²) < 4.78 is 16.8. The number of carbonyl (C=O) groups excluding carboxylic acids is 2. The van der Waals surface area contributed by atoms with Crippen molar-refractivity contribution < 1.29 is 23.8 Å². The van der Waals surface area contributed by atoms with Crippen molar-refractivity contribution in [3.8, 4) is 0 Å². The van der Waals surface area contributed by atoms with Gasteiger partial charge in [0.2, 0.25) is 5.91 Å². The molecule has 0 bridgehead atoms. The smallest absolute Gasteiger partial charge is 0.325 e. The van der Waals surface area contributed by atoms with Gasteiger partial charge < -0.3 is 19.5 Å². The molecule has 1 saturated heterocycles. The highest BCUT2D eigenvalue weighted by Gasteiger charge is 2.38. The molecule has 1 amide bonds. The van der Waals surface area contributed by atoms with Gasteiger partial charge in [-0.3, -0.25) is 9.59 Å². The van der Waals surface area contributed by atoms with Crippen molar-refractivity contribution in [2.75, 3.05) is 13.2 Å². The number of amides is 1. The number of hydrogen-bond acceptors (Lipinski definition) is 5. The maximum atomic E-state index is 12.0. The molecule has 5 unspecified atom stereocenters. The molecule has 0 spiro atoms. The number of esters is 1. The lowest BCUT2D eigenvalue weighted by molar-refractivity contribution is -0.246. The minimum Gasteiger partial charge on any atom is -0.460 e.